The molecule has 0 saturated carbocycles. The molecule has 0 amide bonds. The van der Waals surface area contributed by atoms with E-state index in [-0.39, 0.29) is 17.6 Å². The zero-order valence-electron chi connectivity index (χ0n) is 18.3. The zero-order chi connectivity index (χ0) is 23.5. The normalized spacial score (nSPS) is 24.5. The second-order valence-electron chi connectivity index (χ2n) is 8.89. The van der Waals surface area contributed by atoms with E-state index in [0.29, 0.717) is 0 Å². The molecular formula is C18H31Cl3O7SSi. The summed E-state index contributed by atoms with van der Waals surface area (Å²) < 4.78 is 43.7. The highest BCUT2D eigenvalue weighted by Crippen LogP contribution is 2.38. The van der Waals surface area contributed by atoms with Gasteiger partial charge in [-0.3, -0.25) is 4.18 Å². The molecule has 0 aromatic rings. The van der Waals surface area contributed by atoms with Gasteiger partial charge < -0.3 is 13.9 Å². The van der Waals surface area contributed by atoms with E-state index in [2.05, 4.69) is 20.8 Å². The molecule has 12 heteroatoms. The first kappa shape index (κ1) is 28.2. The maximum atomic E-state index is 12.5. The highest BCUT2D eigenvalue weighted by molar-refractivity contribution is 7.85. The first-order valence-electron chi connectivity index (χ1n) is 9.42. The Kier molecular flexibility index (Phi) is 9.74. The van der Waals surface area contributed by atoms with Crippen molar-refractivity contribution >= 4 is 59.2 Å². The Bertz CT molecular complexity index is 729. The Balaban J connectivity index is 3.05. The predicted octanol–water partition coefficient (Wildman–Crippen LogP) is 4.23. The van der Waals surface area contributed by atoms with Crippen molar-refractivity contribution in [1.82, 2.24) is 0 Å². The van der Waals surface area contributed by atoms with Crippen LogP contribution in [0.1, 0.15) is 27.7 Å². The van der Waals surface area contributed by atoms with E-state index in [0.717, 1.165) is 6.26 Å². The molecule has 176 valence electrons. The molecule has 0 unspecified atom stereocenters. The number of halogens is 3. The molecule has 0 aliphatic carbocycles. The monoisotopic (exact) mass is 524 g/mol. The van der Waals surface area contributed by atoms with Gasteiger partial charge in [0.05, 0.1) is 19.0 Å². The number of ether oxygens (including phenoxy) is 2. The van der Waals surface area contributed by atoms with Crippen molar-refractivity contribution in [1.29, 1.82) is 0 Å². The number of esters is 1. The van der Waals surface area contributed by atoms with Crippen molar-refractivity contribution in [2.45, 2.75) is 67.9 Å². The Morgan fingerprint density at radius 3 is 2.23 bits per heavy atom. The minimum Gasteiger partial charge on any atom is -0.459 e. The fourth-order valence-corrected chi connectivity index (χ4v) is 4.24. The summed E-state index contributed by atoms with van der Waals surface area (Å²) in [5.41, 5.74) is 0. The molecule has 0 radical (unpaired) electrons. The Labute approximate surface area is 195 Å². The molecule has 0 N–H and O–H groups in total. The van der Waals surface area contributed by atoms with Crippen molar-refractivity contribution in [2.75, 3.05) is 19.5 Å². The van der Waals surface area contributed by atoms with Gasteiger partial charge in [-0.15, -0.1) is 0 Å². The summed E-state index contributed by atoms with van der Waals surface area (Å²) in [6, 6.07) is 0. The van der Waals surface area contributed by atoms with Crippen LogP contribution in [-0.4, -0.2) is 64.3 Å². The minimum atomic E-state index is -3.69. The third-order valence-corrected chi connectivity index (χ3v) is 10.5. The smallest absolute Gasteiger partial charge is 0.336 e. The summed E-state index contributed by atoms with van der Waals surface area (Å²) in [7, 11) is -6.01. The van der Waals surface area contributed by atoms with Crippen LogP contribution in [0.2, 0.25) is 18.1 Å². The van der Waals surface area contributed by atoms with Crippen LogP contribution in [-0.2, 0) is 33.0 Å². The maximum Gasteiger partial charge on any atom is 0.336 e. The van der Waals surface area contributed by atoms with Crippen LogP contribution in [0.25, 0.3) is 0 Å². The number of carbonyl (C=O) groups is 1. The highest BCUT2D eigenvalue weighted by Gasteiger charge is 2.43. The van der Waals surface area contributed by atoms with Crippen LogP contribution >= 0.6 is 34.8 Å². The third kappa shape index (κ3) is 9.32. The molecule has 0 aromatic heterocycles. The molecule has 0 fully saturated rings. The molecule has 0 aromatic carbocycles. The van der Waals surface area contributed by atoms with E-state index in [1.165, 1.54) is 0 Å². The van der Waals surface area contributed by atoms with Crippen molar-refractivity contribution in [3.63, 3.8) is 0 Å². The van der Waals surface area contributed by atoms with Crippen LogP contribution in [0, 0.1) is 5.92 Å². The summed E-state index contributed by atoms with van der Waals surface area (Å²) in [4.78, 5) is 12.5. The summed E-state index contributed by atoms with van der Waals surface area (Å²) in [5, 5.41) is -0.134. The summed E-state index contributed by atoms with van der Waals surface area (Å²) in [6.45, 7) is 11.4. The van der Waals surface area contributed by atoms with Crippen molar-refractivity contribution in [3.05, 3.63) is 12.2 Å². The average molecular weight is 526 g/mol. The molecule has 1 heterocycles. The topological polar surface area (TPSA) is 88.1 Å². The van der Waals surface area contributed by atoms with Gasteiger partial charge in [-0.25, -0.2) is 4.79 Å². The summed E-state index contributed by atoms with van der Waals surface area (Å²) in [6.07, 6.45) is 2.07. The molecule has 0 spiro atoms. The van der Waals surface area contributed by atoms with E-state index in [1.807, 2.05) is 13.1 Å². The van der Waals surface area contributed by atoms with Gasteiger partial charge in [-0.2, -0.15) is 8.42 Å². The van der Waals surface area contributed by atoms with Gasteiger partial charge in [0.1, 0.15) is 12.7 Å². The average Bonchev–Trinajstić information content (AvgIpc) is 2.54. The number of hydrogen-bond acceptors (Lipinski definition) is 7. The van der Waals surface area contributed by atoms with Gasteiger partial charge >= 0.3 is 5.97 Å². The lowest BCUT2D eigenvalue weighted by atomic mass is 9.98. The molecule has 4 atom stereocenters. The minimum absolute atomic E-state index is 0.134. The SMILES string of the molecule is C[C@H]1C=C[C@@H]([C@@H](COS(C)(=O)=O)O[Si](C)(C)C(C)(C)C)O[C@H]1C(=O)OCC(Cl)(Cl)Cl. The third-order valence-electron chi connectivity index (χ3n) is 5.06. The van der Waals surface area contributed by atoms with E-state index >= 15 is 0 Å². The van der Waals surface area contributed by atoms with Crippen molar-refractivity contribution in [2.24, 2.45) is 5.92 Å². The summed E-state index contributed by atoms with van der Waals surface area (Å²) >= 11 is 16.9. The van der Waals surface area contributed by atoms with Crippen LogP contribution in [0.15, 0.2) is 12.2 Å². The fourth-order valence-electron chi connectivity index (χ4n) is 2.38. The molecule has 30 heavy (non-hydrogen) atoms. The number of hydrogen-bond donors (Lipinski definition) is 0. The van der Waals surface area contributed by atoms with Gasteiger partial charge in [-0.1, -0.05) is 74.6 Å². The molecule has 7 nitrogen and oxygen atoms in total. The van der Waals surface area contributed by atoms with E-state index in [4.69, 9.17) is 52.9 Å². The molecule has 1 aliphatic rings. The van der Waals surface area contributed by atoms with Crippen molar-refractivity contribution < 1.29 is 31.3 Å². The van der Waals surface area contributed by atoms with E-state index < -0.39 is 53.1 Å². The lowest BCUT2D eigenvalue weighted by Gasteiger charge is -2.42. The van der Waals surface area contributed by atoms with Crippen LogP contribution in [0.5, 0.6) is 0 Å². The van der Waals surface area contributed by atoms with Gasteiger partial charge in [0.2, 0.25) is 3.79 Å². The fraction of sp³-hybridized carbons (Fsp3) is 0.833. The number of carbonyl (C=O) groups excluding carboxylic acids is 1. The van der Waals surface area contributed by atoms with Crippen LogP contribution in [0.3, 0.4) is 0 Å². The van der Waals surface area contributed by atoms with Gasteiger partial charge in [-0.05, 0) is 18.1 Å². The lowest BCUT2D eigenvalue weighted by molar-refractivity contribution is -0.167. The first-order valence-corrected chi connectivity index (χ1v) is 15.3. The van der Waals surface area contributed by atoms with Crippen LogP contribution in [0.4, 0.5) is 0 Å². The van der Waals surface area contributed by atoms with Gasteiger partial charge in [0.15, 0.2) is 14.4 Å². The molecule has 0 bridgehead atoms. The number of alkyl halides is 3. The summed E-state index contributed by atoms with van der Waals surface area (Å²) in [5.74, 6) is -0.980. The highest BCUT2D eigenvalue weighted by atomic mass is 35.6. The van der Waals surface area contributed by atoms with E-state index in [9.17, 15) is 13.2 Å². The van der Waals surface area contributed by atoms with Crippen LogP contribution < -0.4 is 0 Å². The molecule has 1 aliphatic heterocycles. The largest absolute Gasteiger partial charge is 0.459 e. The Morgan fingerprint density at radius 2 is 1.77 bits per heavy atom. The molecule has 0 saturated heterocycles. The van der Waals surface area contributed by atoms with Gasteiger partial charge in [0, 0.05) is 5.92 Å². The standard InChI is InChI=1S/C18H31Cl3O7SSi/c1-12-8-9-13(27-15(12)16(22)25-11-18(19,20)21)14(10-26-29(5,23)24)28-30(6,7)17(2,3)4/h8-9,12-15H,10-11H2,1-7H3/t12-,13-,14+,15+/m0/s1. The first-order chi connectivity index (χ1) is 13.3. The second kappa shape index (κ2) is 10.4. The van der Waals surface area contributed by atoms with Crippen molar-refractivity contribution in [3.8, 4) is 0 Å². The Morgan fingerprint density at radius 1 is 1.20 bits per heavy atom. The Hall–Kier alpha value is 0.127. The maximum absolute atomic E-state index is 12.5. The zero-order valence-corrected chi connectivity index (χ0v) is 22.4. The predicted molar refractivity (Wildman–Crippen MR) is 121 cm³/mol. The lowest BCUT2D eigenvalue weighted by Crippen LogP contribution is -2.51. The number of rotatable bonds is 8. The molecule has 1 rings (SSSR count). The molecular weight excluding hydrogens is 495 g/mol. The quantitative estimate of drug-likeness (QED) is 0.154. The second-order valence-corrected chi connectivity index (χ2v) is 17.8. The van der Waals surface area contributed by atoms with Gasteiger partial charge in [0.25, 0.3) is 10.1 Å². The van der Waals surface area contributed by atoms with E-state index in [1.54, 1.807) is 19.1 Å².